The number of aromatic nitrogens is 6. The Hall–Kier alpha value is -3.23. The van der Waals surface area contributed by atoms with Crippen LogP contribution in [-0.2, 0) is 20.1 Å². The van der Waals surface area contributed by atoms with Crippen molar-refractivity contribution in [2.75, 3.05) is 6.54 Å². The number of amides is 1. The molecular weight excluding hydrogens is 394 g/mol. The zero-order valence-corrected chi connectivity index (χ0v) is 18.7. The summed E-state index contributed by atoms with van der Waals surface area (Å²) in [6, 6.07) is 1.83. The summed E-state index contributed by atoms with van der Waals surface area (Å²) < 4.78 is 5.43. The third-order valence-electron chi connectivity index (χ3n) is 5.81. The minimum atomic E-state index is -0.245. The molecule has 0 N–H and O–H groups in total. The summed E-state index contributed by atoms with van der Waals surface area (Å²) in [5.41, 5.74) is 1.62. The number of carbonyl (C=O) groups is 1. The van der Waals surface area contributed by atoms with Crippen LogP contribution < -0.4 is 5.56 Å². The first-order valence-corrected chi connectivity index (χ1v) is 10.7. The molecule has 0 unspecified atom stereocenters. The van der Waals surface area contributed by atoms with Gasteiger partial charge in [-0.2, -0.15) is 5.10 Å². The summed E-state index contributed by atoms with van der Waals surface area (Å²) in [5, 5.41) is 12.9. The summed E-state index contributed by atoms with van der Waals surface area (Å²) >= 11 is 0. The average Bonchev–Trinajstić information content (AvgIpc) is 3.33. The van der Waals surface area contributed by atoms with E-state index in [0.717, 1.165) is 17.8 Å². The maximum Gasteiger partial charge on any atom is 0.263 e. The third kappa shape index (κ3) is 3.92. The third-order valence-corrected chi connectivity index (χ3v) is 5.81. The summed E-state index contributed by atoms with van der Waals surface area (Å²) in [6.07, 6.45) is 6.33. The summed E-state index contributed by atoms with van der Waals surface area (Å²) in [5.74, 6) is 1.69. The monoisotopic (exact) mass is 423 g/mol. The second-order valence-corrected chi connectivity index (χ2v) is 8.80. The van der Waals surface area contributed by atoms with Crippen molar-refractivity contribution in [1.82, 2.24) is 34.0 Å². The molecule has 0 aliphatic carbocycles. The van der Waals surface area contributed by atoms with E-state index in [1.54, 1.807) is 26.5 Å². The van der Waals surface area contributed by atoms with Gasteiger partial charge in [0.15, 0.2) is 11.6 Å². The van der Waals surface area contributed by atoms with E-state index in [-0.39, 0.29) is 23.1 Å². The number of rotatable bonds is 5. The van der Waals surface area contributed by atoms with Gasteiger partial charge in [0, 0.05) is 32.5 Å². The standard InChI is InChI=1S/C22H29N7O2/c1-14(2)6-8-27-9-7-15(3)19(21(27)30)22(31)28-11-16(4)29-18(13-28)24-25-20(29)17-10-23-26(5)12-17/h7,9-10,12,14,16H,6,8,11,13H2,1-5H3/t16-/m0/s1. The quantitative estimate of drug-likeness (QED) is 0.629. The molecule has 0 radical (unpaired) electrons. The molecule has 0 fully saturated rings. The zero-order chi connectivity index (χ0) is 22.3. The minimum absolute atomic E-state index is 0.0231. The molecule has 1 aliphatic rings. The van der Waals surface area contributed by atoms with Crippen LogP contribution in [-0.4, -0.2) is 46.5 Å². The highest BCUT2D eigenvalue weighted by molar-refractivity contribution is 5.95. The van der Waals surface area contributed by atoms with E-state index in [2.05, 4.69) is 33.7 Å². The molecule has 0 bridgehead atoms. The Morgan fingerprint density at radius 3 is 2.74 bits per heavy atom. The molecule has 9 heteroatoms. The summed E-state index contributed by atoms with van der Waals surface area (Å²) in [7, 11) is 1.86. The molecule has 3 aromatic heterocycles. The lowest BCUT2D eigenvalue weighted by Crippen LogP contribution is -2.43. The molecule has 1 amide bonds. The van der Waals surface area contributed by atoms with Crippen LogP contribution in [0.2, 0.25) is 0 Å². The lowest BCUT2D eigenvalue weighted by Gasteiger charge is -2.32. The summed E-state index contributed by atoms with van der Waals surface area (Å²) in [4.78, 5) is 28.2. The molecule has 31 heavy (non-hydrogen) atoms. The normalized spacial score (nSPS) is 16.1. The van der Waals surface area contributed by atoms with Gasteiger partial charge in [0.05, 0.1) is 24.3 Å². The van der Waals surface area contributed by atoms with E-state index < -0.39 is 0 Å². The van der Waals surface area contributed by atoms with Gasteiger partial charge in [-0.1, -0.05) is 13.8 Å². The first-order valence-electron chi connectivity index (χ1n) is 10.7. The van der Waals surface area contributed by atoms with E-state index in [9.17, 15) is 9.59 Å². The second kappa shape index (κ2) is 8.13. The van der Waals surface area contributed by atoms with Gasteiger partial charge in [0.1, 0.15) is 5.56 Å². The Kier molecular flexibility index (Phi) is 5.51. The van der Waals surface area contributed by atoms with Crippen molar-refractivity contribution in [3.05, 3.63) is 52.0 Å². The van der Waals surface area contributed by atoms with Gasteiger partial charge < -0.3 is 14.0 Å². The number of fused-ring (bicyclic) bond motifs is 1. The van der Waals surface area contributed by atoms with Crippen LogP contribution in [0.4, 0.5) is 0 Å². The van der Waals surface area contributed by atoms with Crippen LogP contribution in [0.5, 0.6) is 0 Å². The zero-order valence-electron chi connectivity index (χ0n) is 18.7. The van der Waals surface area contributed by atoms with E-state index in [1.807, 2.05) is 33.2 Å². The molecule has 0 saturated heterocycles. The Balaban J connectivity index is 1.63. The van der Waals surface area contributed by atoms with E-state index in [0.29, 0.717) is 36.9 Å². The molecular formula is C22H29N7O2. The molecule has 1 atom stereocenters. The molecule has 4 heterocycles. The average molecular weight is 424 g/mol. The summed E-state index contributed by atoms with van der Waals surface area (Å²) in [6.45, 7) is 9.50. The Morgan fingerprint density at radius 2 is 2.06 bits per heavy atom. The highest BCUT2D eigenvalue weighted by Gasteiger charge is 2.32. The van der Waals surface area contributed by atoms with Gasteiger partial charge in [0.25, 0.3) is 11.5 Å². The van der Waals surface area contributed by atoms with Crippen molar-refractivity contribution in [2.24, 2.45) is 13.0 Å². The maximum absolute atomic E-state index is 13.4. The first-order chi connectivity index (χ1) is 14.8. The fraction of sp³-hybridized carbons (Fsp3) is 0.500. The largest absolute Gasteiger partial charge is 0.329 e. The molecule has 9 nitrogen and oxygen atoms in total. The van der Waals surface area contributed by atoms with Crippen molar-refractivity contribution >= 4 is 5.91 Å². The van der Waals surface area contributed by atoms with Gasteiger partial charge in [-0.3, -0.25) is 14.3 Å². The van der Waals surface area contributed by atoms with Gasteiger partial charge in [-0.25, -0.2) is 0 Å². The van der Waals surface area contributed by atoms with Crippen LogP contribution in [0.1, 0.15) is 55.0 Å². The van der Waals surface area contributed by atoms with Crippen molar-refractivity contribution < 1.29 is 4.79 Å². The second-order valence-electron chi connectivity index (χ2n) is 8.80. The molecule has 0 saturated carbocycles. The van der Waals surface area contributed by atoms with E-state index >= 15 is 0 Å². The van der Waals surface area contributed by atoms with Crippen LogP contribution in [0.15, 0.2) is 29.5 Å². The van der Waals surface area contributed by atoms with E-state index in [1.165, 1.54) is 0 Å². The fourth-order valence-electron chi connectivity index (χ4n) is 4.08. The SMILES string of the molecule is Cc1ccn(CCC(C)C)c(=O)c1C(=O)N1Cc2nnc(-c3cnn(C)c3)n2[C@@H](C)C1. The molecule has 0 spiro atoms. The highest BCUT2D eigenvalue weighted by Crippen LogP contribution is 2.28. The topological polar surface area (TPSA) is 90.8 Å². The van der Waals surface area contributed by atoms with Crippen LogP contribution >= 0.6 is 0 Å². The molecule has 1 aliphatic heterocycles. The van der Waals surface area contributed by atoms with Gasteiger partial charge in [-0.15, -0.1) is 10.2 Å². The van der Waals surface area contributed by atoms with Crippen molar-refractivity contribution in [2.45, 2.75) is 53.2 Å². The maximum atomic E-state index is 13.4. The van der Waals surface area contributed by atoms with Gasteiger partial charge in [-0.05, 0) is 37.8 Å². The van der Waals surface area contributed by atoms with Crippen LogP contribution in [0, 0.1) is 12.8 Å². The predicted molar refractivity (Wildman–Crippen MR) is 117 cm³/mol. The van der Waals surface area contributed by atoms with Crippen LogP contribution in [0.25, 0.3) is 11.4 Å². The smallest absolute Gasteiger partial charge is 0.263 e. The minimum Gasteiger partial charge on any atom is -0.329 e. The van der Waals surface area contributed by atoms with Crippen molar-refractivity contribution in [1.29, 1.82) is 0 Å². The Labute approximate surface area is 181 Å². The van der Waals surface area contributed by atoms with Gasteiger partial charge in [0.2, 0.25) is 0 Å². The Bertz CT molecular complexity index is 1170. The lowest BCUT2D eigenvalue weighted by atomic mass is 10.1. The first kappa shape index (κ1) is 21.0. The number of aryl methyl sites for hydroxylation is 3. The lowest BCUT2D eigenvalue weighted by molar-refractivity contribution is 0.0678. The number of carbonyl (C=O) groups excluding carboxylic acids is 1. The number of hydrogen-bond acceptors (Lipinski definition) is 5. The van der Waals surface area contributed by atoms with E-state index in [4.69, 9.17) is 0 Å². The Morgan fingerprint density at radius 1 is 1.29 bits per heavy atom. The number of hydrogen-bond donors (Lipinski definition) is 0. The van der Waals surface area contributed by atoms with Crippen molar-refractivity contribution in [3.8, 4) is 11.4 Å². The fourth-order valence-corrected chi connectivity index (χ4v) is 4.08. The number of pyridine rings is 1. The highest BCUT2D eigenvalue weighted by atomic mass is 16.2. The predicted octanol–water partition coefficient (Wildman–Crippen LogP) is 2.41. The molecule has 4 rings (SSSR count). The molecule has 0 aromatic carbocycles. The molecule has 3 aromatic rings. The van der Waals surface area contributed by atoms with Gasteiger partial charge >= 0.3 is 0 Å². The van der Waals surface area contributed by atoms with Crippen molar-refractivity contribution in [3.63, 3.8) is 0 Å². The molecule has 164 valence electrons. The van der Waals surface area contributed by atoms with Crippen LogP contribution in [0.3, 0.4) is 0 Å². The number of nitrogens with zero attached hydrogens (tertiary/aromatic N) is 7.